The molecule has 0 saturated carbocycles. The molecule has 0 aliphatic rings. The maximum absolute atomic E-state index is 12.7. The van der Waals surface area contributed by atoms with Crippen LogP contribution in [0.25, 0.3) is 0 Å². The van der Waals surface area contributed by atoms with Gasteiger partial charge in [0.25, 0.3) is 0 Å². The van der Waals surface area contributed by atoms with Crippen LogP contribution in [0.5, 0.6) is 5.75 Å². The number of urea groups is 1. The summed E-state index contributed by atoms with van der Waals surface area (Å²) in [6.45, 7) is -1.65. The van der Waals surface area contributed by atoms with Crippen LogP contribution in [-0.2, 0) is 12.7 Å². The lowest BCUT2D eigenvalue weighted by atomic mass is 10.1. The van der Waals surface area contributed by atoms with Gasteiger partial charge >= 0.3 is 18.8 Å². The maximum atomic E-state index is 12.7. The number of para-hydroxylation sites is 1. The number of aryl methyl sites for hydroxylation is 1. The van der Waals surface area contributed by atoms with E-state index in [0.29, 0.717) is 5.56 Å². The van der Waals surface area contributed by atoms with E-state index in [1.807, 2.05) is 0 Å². The Balaban J connectivity index is 2.04. The molecule has 0 aliphatic heterocycles. The van der Waals surface area contributed by atoms with Gasteiger partial charge in [0, 0.05) is 6.54 Å². The van der Waals surface area contributed by atoms with Crippen LogP contribution in [0.15, 0.2) is 42.5 Å². The number of hydrogen-bond donors (Lipinski definition) is 2. The predicted octanol–water partition coefficient (Wildman–Crippen LogP) is 4.94. The third-order valence-corrected chi connectivity index (χ3v) is 3.40. The molecule has 0 radical (unpaired) electrons. The second kappa shape index (κ2) is 8.03. The van der Waals surface area contributed by atoms with Crippen LogP contribution in [0.2, 0.25) is 0 Å². The summed E-state index contributed by atoms with van der Waals surface area (Å²) in [7, 11) is 0. The molecule has 2 aromatic carbocycles. The first-order chi connectivity index (χ1) is 12.2. The molecule has 0 heterocycles. The van der Waals surface area contributed by atoms with Crippen molar-refractivity contribution in [3.8, 4) is 5.75 Å². The molecule has 2 rings (SSSR count). The third-order valence-electron chi connectivity index (χ3n) is 3.40. The lowest BCUT2D eigenvalue weighted by molar-refractivity contribution is -0.137. The third kappa shape index (κ3) is 5.33. The second-order valence-electron chi connectivity index (χ2n) is 5.33. The molecule has 4 nitrogen and oxygen atoms in total. The van der Waals surface area contributed by atoms with E-state index < -0.39 is 24.4 Å². The minimum absolute atomic E-state index is 0.0503. The van der Waals surface area contributed by atoms with Crippen LogP contribution in [0.3, 0.4) is 0 Å². The SMILES string of the molecule is Cc1cccc(OC(F)F)c1NC(=O)NCc1cccc(C(F)(F)F)c1. The first kappa shape index (κ1) is 19.5. The zero-order chi connectivity index (χ0) is 19.3. The summed E-state index contributed by atoms with van der Waals surface area (Å²) in [5, 5.41) is 4.74. The molecule has 0 saturated heterocycles. The number of alkyl halides is 5. The van der Waals surface area contributed by atoms with Crippen molar-refractivity contribution in [3.05, 3.63) is 59.2 Å². The summed E-state index contributed by atoms with van der Waals surface area (Å²) >= 11 is 0. The minimum atomic E-state index is -4.49. The highest BCUT2D eigenvalue weighted by Gasteiger charge is 2.30. The number of halogens is 5. The summed E-state index contributed by atoms with van der Waals surface area (Å²) < 4.78 is 67.2. The van der Waals surface area contributed by atoms with E-state index in [2.05, 4.69) is 15.4 Å². The second-order valence-corrected chi connectivity index (χ2v) is 5.33. The van der Waals surface area contributed by atoms with Crippen LogP contribution in [-0.4, -0.2) is 12.6 Å². The fourth-order valence-electron chi connectivity index (χ4n) is 2.19. The molecule has 0 unspecified atom stereocenters. The van der Waals surface area contributed by atoms with Gasteiger partial charge in [-0.2, -0.15) is 22.0 Å². The quantitative estimate of drug-likeness (QED) is 0.729. The number of rotatable bonds is 5. The fraction of sp³-hybridized carbons (Fsp3) is 0.235. The minimum Gasteiger partial charge on any atom is -0.433 e. The number of benzene rings is 2. The molecule has 0 bridgehead atoms. The predicted molar refractivity (Wildman–Crippen MR) is 85.1 cm³/mol. The molecule has 140 valence electrons. The Morgan fingerprint density at radius 3 is 2.50 bits per heavy atom. The van der Waals surface area contributed by atoms with Crippen molar-refractivity contribution in [2.75, 3.05) is 5.32 Å². The van der Waals surface area contributed by atoms with Gasteiger partial charge < -0.3 is 15.4 Å². The molecule has 0 spiro atoms. The number of hydrogen-bond acceptors (Lipinski definition) is 2. The van der Waals surface area contributed by atoms with E-state index in [1.165, 1.54) is 24.3 Å². The Labute approximate surface area is 146 Å². The van der Waals surface area contributed by atoms with Crippen molar-refractivity contribution in [1.82, 2.24) is 5.32 Å². The number of carbonyl (C=O) groups is 1. The van der Waals surface area contributed by atoms with E-state index in [9.17, 15) is 26.7 Å². The molecule has 2 aromatic rings. The smallest absolute Gasteiger partial charge is 0.416 e. The molecule has 26 heavy (non-hydrogen) atoms. The highest BCUT2D eigenvalue weighted by Crippen LogP contribution is 2.30. The lowest BCUT2D eigenvalue weighted by Gasteiger charge is -2.15. The Kier molecular flexibility index (Phi) is 6.01. The number of carbonyl (C=O) groups excluding carboxylic acids is 1. The number of nitrogens with one attached hydrogen (secondary N) is 2. The van der Waals surface area contributed by atoms with Crippen molar-refractivity contribution >= 4 is 11.7 Å². The molecule has 0 aliphatic carbocycles. The Morgan fingerprint density at radius 1 is 1.15 bits per heavy atom. The van der Waals surface area contributed by atoms with E-state index in [1.54, 1.807) is 13.0 Å². The highest BCUT2D eigenvalue weighted by atomic mass is 19.4. The zero-order valence-corrected chi connectivity index (χ0v) is 13.5. The summed E-state index contributed by atoms with van der Waals surface area (Å²) in [6.07, 6.45) is -4.49. The van der Waals surface area contributed by atoms with Crippen LogP contribution in [0.1, 0.15) is 16.7 Å². The summed E-state index contributed by atoms with van der Waals surface area (Å²) in [5.41, 5.74) is -0.0562. The molecule has 0 fully saturated rings. The van der Waals surface area contributed by atoms with Gasteiger partial charge in [-0.3, -0.25) is 0 Å². The largest absolute Gasteiger partial charge is 0.433 e. The molecule has 0 aromatic heterocycles. The normalized spacial score (nSPS) is 11.3. The monoisotopic (exact) mass is 374 g/mol. The van der Waals surface area contributed by atoms with Crippen molar-refractivity contribution in [2.45, 2.75) is 26.3 Å². The highest BCUT2D eigenvalue weighted by molar-refractivity contribution is 5.91. The topological polar surface area (TPSA) is 50.4 Å². The van der Waals surface area contributed by atoms with E-state index in [4.69, 9.17) is 0 Å². The molecular formula is C17H15F5N2O2. The number of ether oxygens (including phenoxy) is 1. The van der Waals surface area contributed by atoms with E-state index in [-0.39, 0.29) is 23.5 Å². The zero-order valence-electron chi connectivity index (χ0n) is 13.5. The average molecular weight is 374 g/mol. The van der Waals surface area contributed by atoms with Crippen molar-refractivity contribution in [2.24, 2.45) is 0 Å². The maximum Gasteiger partial charge on any atom is 0.416 e. The van der Waals surface area contributed by atoms with Gasteiger partial charge in [-0.1, -0.05) is 24.3 Å². The summed E-state index contributed by atoms with van der Waals surface area (Å²) in [4.78, 5) is 12.0. The first-order valence-electron chi connectivity index (χ1n) is 7.42. The molecule has 2 amide bonds. The molecular weight excluding hydrogens is 359 g/mol. The van der Waals surface area contributed by atoms with Gasteiger partial charge in [-0.05, 0) is 36.2 Å². The lowest BCUT2D eigenvalue weighted by Crippen LogP contribution is -2.29. The fourth-order valence-corrected chi connectivity index (χ4v) is 2.19. The van der Waals surface area contributed by atoms with Gasteiger partial charge in [-0.15, -0.1) is 0 Å². The molecule has 2 N–H and O–H groups in total. The summed E-state index contributed by atoms with van der Waals surface area (Å²) in [5.74, 6) is -0.214. The average Bonchev–Trinajstić information content (AvgIpc) is 2.55. The van der Waals surface area contributed by atoms with Crippen molar-refractivity contribution in [1.29, 1.82) is 0 Å². The van der Waals surface area contributed by atoms with Crippen LogP contribution in [0, 0.1) is 6.92 Å². The number of anilines is 1. The van der Waals surface area contributed by atoms with Crippen molar-refractivity contribution in [3.63, 3.8) is 0 Å². The standard InChI is InChI=1S/C17H15F5N2O2/c1-10-4-2-7-13(26-15(18)19)14(10)24-16(25)23-9-11-5-3-6-12(8-11)17(20,21)22/h2-8,15H,9H2,1H3,(H2,23,24,25). The Bertz CT molecular complexity index is 778. The van der Waals surface area contributed by atoms with E-state index >= 15 is 0 Å². The van der Waals surface area contributed by atoms with Gasteiger partial charge in [0.15, 0.2) is 0 Å². The molecule has 9 heteroatoms. The van der Waals surface area contributed by atoms with Crippen LogP contribution in [0.4, 0.5) is 32.4 Å². The van der Waals surface area contributed by atoms with Gasteiger partial charge in [0.1, 0.15) is 5.75 Å². The van der Waals surface area contributed by atoms with Gasteiger partial charge in [-0.25, -0.2) is 4.79 Å². The van der Waals surface area contributed by atoms with Crippen LogP contribution < -0.4 is 15.4 Å². The Hall–Kier alpha value is -2.84. The van der Waals surface area contributed by atoms with Crippen LogP contribution >= 0.6 is 0 Å². The summed E-state index contributed by atoms with van der Waals surface area (Å²) in [6, 6.07) is 8.06. The Morgan fingerprint density at radius 2 is 1.85 bits per heavy atom. The van der Waals surface area contributed by atoms with Gasteiger partial charge in [0.05, 0.1) is 11.3 Å². The molecule has 0 atom stereocenters. The van der Waals surface area contributed by atoms with Gasteiger partial charge in [0.2, 0.25) is 0 Å². The van der Waals surface area contributed by atoms with E-state index in [0.717, 1.165) is 12.1 Å². The first-order valence-corrected chi connectivity index (χ1v) is 7.42. The van der Waals surface area contributed by atoms with Crippen molar-refractivity contribution < 1.29 is 31.5 Å². The number of amides is 2.